The normalized spacial score (nSPS) is 10.6. The molecule has 31 heavy (non-hydrogen) atoms. The van der Waals surface area contributed by atoms with E-state index in [1.165, 1.54) is 39.7 Å². The number of carbonyl (C=O) groups is 2. The van der Waals surface area contributed by atoms with Gasteiger partial charge >= 0.3 is 0 Å². The molecule has 1 aromatic heterocycles. The summed E-state index contributed by atoms with van der Waals surface area (Å²) in [5.41, 5.74) is 23.6. The molecule has 2 aromatic carbocycles. The number of carbonyl (C=O) groups excluding carboxylic acids is 2. The molecule has 12 N–H and O–H groups in total. The predicted octanol–water partition coefficient (Wildman–Crippen LogP) is -0.207. The summed E-state index contributed by atoms with van der Waals surface area (Å²) in [5, 5.41) is 24.9. The van der Waals surface area contributed by atoms with Gasteiger partial charge in [-0.2, -0.15) is 0 Å². The predicted molar refractivity (Wildman–Crippen MR) is 116 cm³/mol. The van der Waals surface area contributed by atoms with Crippen LogP contribution in [0.5, 0.6) is 11.5 Å². The van der Waals surface area contributed by atoms with Crippen molar-refractivity contribution in [2.45, 2.75) is 13.1 Å². The van der Waals surface area contributed by atoms with E-state index >= 15 is 0 Å². The number of nitrogen functional groups attached to an aromatic ring is 4. The van der Waals surface area contributed by atoms with Gasteiger partial charge in [0.2, 0.25) is 6.33 Å². The molecule has 1 heterocycles. The quantitative estimate of drug-likeness (QED) is 0.149. The molecule has 0 saturated heterocycles. The summed E-state index contributed by atoms with van der Waals surface area (Å²) >= 11 is 0. The number of hydrogen-bond acceptors (Lipinski definition) is 8. The van der Waals surface area contributed by atoms with Gasteiger partial charge in [0.1, 0.15) is 35.3 Å². The summed E-state index contributed by atoms with van der Waals surface area (Å²) in [4.78, 5) is 24.6. The topological polar surface area (TPSA) is 212 Å². The molecule has 12 heteroatoms. The smallest absolute Gasteiger partial charge is 0.266 e. The highest BCUT2D eigenvalue weighted by atomic mass is 16.3. The lowest BCUT2D eigenvalue weighted by molar-refractivity contribution is -0.683. The van der Waals surface area contributed by atoms with Gasteiger partial charge in [0.25, 0.3) is 11.8 Å². The highest BCUT2D eigenvalue weighted by Crippen LogP contribution is 2.33. The van der Waals surface area contributed by atoms with Gasteiger partial charge in [0, 0.05) is 23.5 Å². The van der Waals surface area contributed by atoms with Gasteiger partial charge in [-0.05, 0) is 12.1 Å². The molecule has 3 rings (SSSR count). The van der Waals surface area contributed by atoms with Crippen molar-refractivity contribution in [1.29, 1.82) is 0 Å². The first kappa shape index (κ1) is 21.1. The van der Waals surface area contributed by atoms with Gasteiger partial charge in [-0.25, -0.2) is 9.13 Å². The second kappa shape index (κ2) is 8.41. The van der Waals surface area contributed by atoms with E-state index in [0.29, 0.717) is 0 Å². The molecule has 3 aromatic rings. The standard InChI is InChI=1S/C19H22N8O4/c20-10-3-12(22)18(14(28)5-10)24-16(30)7-26-1-2-27(9-26)8-17(31)25-19-13(23)4-11(21)6-15(19)29/h1-6,9H,7-8,20-23H2,(H3-,24,25,28,29,30,31)/p+1. The zero-order valence-electron chi connectivity index (χ0n) is 16.4. The lowest BCUT2D eigenvalue weighted by atomic mass is 10.2. The highest BCUT2D eigenvalue weighted by Gasteiger charge is 2.17. The summed E-state index contributed by atoms with van der Waals surface area (Å²) in [6, 6.07) is 5.39. The van der Waals surface area contributed by atoms with Gasteiger partial charge in [-0.15, -0.1) is 0 Å². The first-order valence-corrected chi connectivity index (χ1v) is 9.03. The van der Waals surface area contributed by atoms with Crippen molar-refractivity contribution < 1.29 is 24.4 Å². The summed E-state index contributed by atoms with van der Waals surface area (Å²) in [6.07, 6.45) is 4.72. The van der Waals surface area contributed by atoms with Crippen LogP contribution in [-0.2, 0) is 22.7 Å². The first-order valence-electron chi connectivity index (χ1n) is 9.03. The minimum atomic E-state index is -0.446. The molecule has 12 nitrogen and oxygen atoms in total. The summed E-state index contributed by atoms with van der Waals surface area (Å²) in [7, 11) is 0. The highest BCUT2D eigenvalue weighted by molar-refractivity contribution is 5.97. The number of hydrogen-bond donors (Lipinski definition) is 8. The SMILES string of the molecule is Nc1cc(N)c(NC(=O)Cn2cc[n+](CC(=O)Nc3c(N)cc(N)cc3O)c2)c(O)c1. The van der Waals surface area contributed by atoms with E-state index in [-0.39, 0.29) is 58.7 Å². The lowest BCUT2D eigenvalue weighted by Gasteiger charge is -2.10. The van der Waals surface area contributed by atoms with Crippen molar-refractivity contribution in [3.63, 3.8) is 0 Å². The molecule has 0 aliphatic rings. The first-order chi connectivity index (χ1) is 14.6. The number of imidazole rings is 1. The molecule has 0 radical (unpaired) electrons. The fourth-order valence-corrected chi connectivity index (χ4v) is 2.93. The number of nitrogens with zero attached hydrogens (tertiary/aromatic N) is 2. The van der Waals surface area contributed by atoms with Crippen molar-refractivity contribution in [3.05, 3.63) is 43.0 Å². The largest absolute Gasteiger partial charge is 0.506 e. The third kappa shape index (κ3) is 5.06. The fraction of sp³-hybridized carbons (Fsp3) is 0.105. The van der Waals surface area contributed by atoms with E-state index in [9.17, 15) is 19.8 Å². The number of aromatic nitrogens is 2. The third-order valence-electron chi connectivity index (χ3n) is 4.27. The van der Waals surface area contributed by atoms with E-state index < -0.39 is 11.8 Å². The Morgan fingerprint density at radius 3 is 1.90 bits per heavy atom. The Morgan fingerprint density at radius 2 is 1.39 bits per heavy atom. The summed E-state index contributed by atoms with van der Waals surface area (Å²) in [6.45, 7) is -0.187. The molecule has 2 amide bonds. The van der Waals surface area contributed by atoms with Gasteiger partial charge in [0.15, 0.2) is 13.1 Å². The molecule has 0 fully saturated rings. The Morgan fingerprint density at radius 1 is 0.871 bits per heavy atom. The van der Waals surface area contributed by atoms with Crippen molar-refractivity contribution in [2.75, 3.05) is 33.6 Å². The third-order valence-corrected chi connectivity index (χ3v) is 4.27. The maximum Gasteiger partial charge on any atom is 0.266 e. The van der Waals surface area contributed by atoms with E-state index in [0.717, 1.165) is 0 Å². The van der Waals surface area contributed by atoms with E-state index in [4.69, 9.17) is 22.9 Å². The molecule has 0 aliphatic heterocycles. The van der Waals surface area contributed by atoms with Crippen LogP contribution in [0.25, 0.3) is 0 Å². The van der Waals surface area contributed by atoms with Crippen LogP contribution in [-0.4, -0.2) is 26.6 Å². The van der Waals surface area contributed by atoms with Crippen LogP contribution < -0.4 is 38.1 Å². The molecule has 0 bridgehead atoms. The van der Waals surface area contributed by atoms with Crippen molar-refractivity contribution >= 4 is 45.9 Å². The summed E-state index contributed by atoms with van der Waals surface area (Å²) < 4.78 is 3.06. The minimum absolute atomic E-state index is 0.0690. The van der Waals surface area contributed by atoms with Crippen LogP contribution in [0.2, 0.25) is 0 Å². The molecule has 162 valence electrons. The zero-order valence-corrected chi connectivity index (χ0v) is 16.4. The van der Waals surface area contributed by atoms with E-state index in [2.05, 4.69) is 10.6 Å². The van der Waals surface area contributed by atoms with Crippen LogP contribution in [0.1, 0.15) is 0 Å². The number of rotatable bonds is 6. The zero-order chi connectivity index (χ0) is 22.7. The number of nitrogens with two attached hydrogens (primary N) is 4. The fourth-order valence-electron chi connectivity index (χ4n) is 2.93. The summed E-state index contributed by atoms with van der Waals surface area (Å²) in [5.74, 6) is -1.37. The molecular weight excluding hydrogens is 404 g/mol. The van der Waals surface area contributed by atoms with Crippen LogP contribution in [0.4, 0.5) is 34.1 Å². The van der Waals surface area contributed by atoms with Crippen molar-refractivity contribution in [3.8, 4) is 11.5 Å². The average molecular weight is 427 g/mol. The molecule has 0 spiro atoms. The number of benzene rings is 2. The number of amides is 2. The van der Waals surface area contributed by atoms with Crippen LogP contribution >= 0.6 is 0 Å². The molecular formula is C19H23N8O4+. The number of aromatic hydroxyl groups is 2. The Balaban J connectivity index is 1.60. The average Bonchev–Trinajstić information content (AvgIpc) is 3.07. The Hall–Kier alpha value is -4.61. The minimum Gasteiger partial charge on any atom is -0.506 e. The second-order valence-corrected chi connectivity index (χ2v) is 6.86. The maximum atomic E-state index is 12.3. The second-order valence-electron chi connectivity index (χ2n) is 6.86. The maximum absolute atomic E-state index is 12.3. The van der Waals surface area contributed by atoms with Gasteiger partial charge < -0.3 is 43.8 Å². The van der Waals surface area contributed by atoms with E-state index in [1.807, 2.05) is 0 Å². The van der Waals surface area contributed by atoms with E-state index in [1.54, 1.807) is 12.4 Å². The Bertz CT molecular complexity index is 1020. The van der Waals surface area contributed by atoms with Crippen LogP contribution in [0, 0.1) is 0 Å². The van der Waals surface area contributed by atoms with Gasteiger partial charge in [0.05, 0.1) is 11.4 Å². The van der Waals surface area contributed by atoms with Gasteiger partial charge in [-0.3, -0.25) is 9.59 Å². The molecule has 0 saturated carbocycles. The number of anilines is 6. The Kier molecular flexibility index (Phi) is 5.72. The lowest BCUT2D eigenvalue weighted by Crippen LogP contribution is -2.38. The number of phenolic OH excluding ortho intramolecular Hbond substituents is 2. The number of nitrogens with one attached hydrogen (secondary N) is 2. The Labute approximate surface area is 176 Å². The van der Waals surface area contributed by atoms with Gasteiger partial charge in [-0.1, -0.05) is 0 Å². The molecule has 0 unspecified atom stereocenters. The van der Waals surface area contributed by atoms with Crippen molar-refractivity contribution in [1.82, 2.24) is 4.57 Å². The molecule has 0 aliphatic carbocycles. The van der Waals surface area contributed by atoms with Crippen LogP contribution in [0.15, 0.2) is 43.0 Å². The number of phenols is 2. The van der Waals surface area contributed by atoms with Crippen molar-refractivity contribution in [2.24, 2.45) is 0 Å². The molecule has 0 atom stereocenters. The monoisotopic (exact) mass is 427 g/mol. The van der Waals surface area contributed by atoms with Crippen LogP contribution in [0.3, 0.4) is 0 Å².